The van der Waals surface area contributed by atoms with Crippen molar-refractivity contribution in [1.29, 1.82) is 0 Å². The Bertz CT molecular complexity index is 414. The molecule has 0 aliphatic heterocycles. The lowest BCUT2D eigenvalue weighted by Crippen LogP contribution is -2.40. The van der Waals surface area contributed by atoms with Crippen LogP contribution in [0.25, 0.3) is 0 Å². The van der Waals surface area contributed by atoms with E-state index in [1.54, 1.807) is 7.11 Å². The van der Waals surface area contributed by atoms with Crippen molar-refractivity contribution in [3.63, 3.8) is 0 Å². The fraction of sp³-hybridized carbons (Fsp3) is 0.846. The predicted molar refractivity (Wildman–Crippen MR) is 65.8 cm³/mol. The molecule has 0 unspecified atom stereocenters. The zero-order chi connectivity index (χ0) is 12.6. The molecule has 2 fully saturated rings. The lowest BCUT2D eigenvalue weighted by Gasteiger charge is -2.37. The van der Waals surface area contributed by atoms with Gasteiger partial charge in [0.05, 0.1) is 5.54 Å². The van der Waals surface area contributed by atoms with Crippen LogP contribution in [-0.4, -0.2) is 17.3 Å². The van der Waals surface area contributed by atoms with Gasteiger partial charge >= 0.3 is 0 Å². The minimum absolute atomic E-state index is 0.313. The van der Waals surface area contributed by atoms with Crippen molar-refractivity contribution < 1.29 is 9.26 Å². The van der Waals surface area contributed by atoms with Gasteiger partial charge in [-0.15, -0.1) is 0 Å². The van der Waals surface area contributed by atoms with Gasteiger partial charge in [-0.3, -0.25) is 0 Å². The van der Waals surface area contributed by atoms with E-state index in [2.05, 4.69) is 10.1 Å². The van der Waals surface area contributed by atoms with E-state index in [9.17, 15) is 0 Å². The fourth-order valence-corrected chi connectivity index (χ4v) is 3.02. The maximum absolute atomic E-state index is 6.40. The number of ether oxygens (including phenoxy) is 1. The van der Waals surface area contributed by atoms with Crippen molar-refractivity contribution in [1.82, 2.24) is 10.1 Å². The van der Waals surface area contributed by atoms with Gasteiger partial charge in [0.1, 0.15) is 5.60 Å². The number of hydrogen-bond donors (Lipinski definition) is 1. The summed E-state index contributed by atoms with van der Waals surface area (Å²) in [6, 6.07) is 0. The van der Waals surface area contributed by atoms with Crippen molar-refractivity contribution in [2.24, 2.45) is 5.73 Å². The Kier molecular flexibility index (Phi) is 2.90. The minimum Gasteiger partial charge on any atom is -0.370 e. The molecular weight excluding hydrogens is 230 g/mol. The Labute approximate surface area is 107 Å². The largest absolute Gasteiger partial charge is 0.370 e. The molecule has 18 heavy (non-hydrogen) atoms. The van der Waals surface area contributed by atoms with Gasteiger partial charge in [0.25, 0.3) is 0 Å². The van der Waals surface area contributed by atoms with Crippen LogP contribution in [0.1, 0.15) is 63.1 Å². The smallest absolute Gasteiger partial charge is 0.246 e. The van der Waals surface area contributed by atoms with Crippen LogP contribution >= 0.6 is 0 Å². The molecular formula is C13H21N3O2. The van der Waals surface area contributed by atoms with Crippen molar-refractivity contribution in [2.75, 3.05) is 7.11 Å². The lowest BCUT2D eigenvalue weighted by atomic mass is 9.79. The van der Waals surface area contributed by atoms with E-state index < -0.39 is 5.54 Å². The molecule has 100 valence electrons. The van der Waals surface area contributed by atoms with Gasteiger partial charge in [0, 0.05) is 7.11 Å². The average Bonchev–Trinajstić information content (AvgIpc) is 2.80. The van der Waals surface area contributed by atoms with Gasteiger partial charge in [0.2, 0.25) is 11.7 Å². The average molecular weight is 251 g/mol. The van der Waals surface area contributed by atoms with Crippen LogP contribution in [0.2, 0.25) is 0 Å². The summed E-state index contributed by atoms with van der Waals surface area (Å²) in [6.07, 6.45) is 8.52. The highest BCUT2D eigenvalue weighted by atomic mass is 16.5. The molecule has 0 aromatic carbocycles. The normalized spacial score (nSPS) is 25.7. The summed E-state index contributed by atoms with van der Waals surface area (Å²) >= 11 is 0. The molecule has 0 bridgehead atoms. The molecule has 0 spiro atoms. The Balaban J connectivity index is 1.84. The number of methoxy groups -OCH3 is 1. The summed E-state index contributed by atoms with van der Waals surface area (Å²) in [6.45, 7) is 0. The van der Waals surface area contributed by atoms with Crippen LogP contribution in [0.3, 0.4) is 0 Å². The first-order chi connectivity index (χ1) is 8.69. The zero-order valence-corrected chi connectivity index (χ0v) is 10.9. The topological polar surface area (TPSA) is 74.2 Å². The summed E-state index contributed by atoms with van der Waals surface area (Å²) in [4.78, 5) is 4.54. The quantitative estimate of drug-likeness (QED) is 0.891. The van der Waals surface area contributed by atoms with E-state index >= 15 is 0 Å². The summed E-state index contributed by atoms with van der Waals surface area (Å²) in [5.41, 5.74) is 5.67. The third-order valence-electron chi connectivity index (χ3n) is 4.56. The van der Waals surface area contributed by atoms with Gasteiger partial charge < -0.3 is 15.0 Å². The number of hydrogen-bond acceptors (Lipinski definition) is 5. The summed E-state index contributed by atoms with van der Waals surface area (Å²) in [7, 11) is 1.72. The maximum atomic E-state index is 6.40. The number of nitrogens with two attached hydrogens (primary N) is 1. The molecule has 1 aromatic rings. The molecule has 1 aromatic heterocycles. The molecule has 5 nitrogen and oxygen atoms in total. The van der Waals surface area contributed by atoms with E-state index in [0.29, 0.717) is 11.7 Å². The van der Waals surface area contributed by atoms with Gasteiger partial charge in [-0.05, 0) is 32.1 Å². The van der Waals surface area contributed by atoms with Crippen molar-refractivity contribution >= 4 is 0 Å². The predicted octanol–water partition coefficient (Wildman–Crippen LogP) is 2.21. The van der Waals surface area contributed by atoms with E-state index in [4.69, 9.17) is 15.0 Å². The molecule has 0 amide bonds. The van der Waals surface area contributed by atoms with Gasteiger partial charge in [-0.2, -0.15) is 4.98 Å². The highest BCUT2D eigenvalue weighted by Gasteiger charge is 2.45. The second-order valence-electron chi connectivity index (χ2n) is 5.69. The molecule has 3 rings (SSSR count). The lowest BCUT2D eigenvalue weighted by molar-refractivity contribution is -0.0858. The van der Waals surface area contributed by atoms with Crippen molar-refractivity contribution in [2.45, 2.75) is 62.5 Å². The summed E-state index contributed by atoms with van der Waals surface area (Å²) in [5.74, 6) is 1.28. The summed E-state index contributed by atoms with van der Waals surface area (Å²) in [5, 5.41) is 4.11. The first-order valence-corrected chi connectivity index (χ1v) is 6.87. The van der Waals surface area contributed by atoms with E-state index in [1.165, 1.54) is 6.42 Å². The Hall–Kier alpha value is -0.940. The third kappa shape index (κ3) is 1.77. The molecule has 0 saturated heterocycles. The SMILES string of the molecule is COC1(c2noc(C3(N)CCCCC3)n2)CCC1. The van der Waals surface area contributed by atoms with Crippen molar-refractivity contribution in [3.8, 4) is 0 Å². The van der Waals surface area contributed by atoms with Crippen LogP contribution in [0.4, 0.5) is 0 Å². The van der Waals surface area contributed by atoms with Crippen LogP contribution in [-0.2, 0) is 15.9 Å². The molecule has 2 aliphatic rings. The second-order valence-corrected chi connectivity index (χ2v) is 5.69. The first kappa shape index (κ1) is 12.1. The molecule has 2 saturated carbocycles. The van der Waals surface area contributed by atoms with Crippen molar-refractivity contribution in [3.05, 3.63) is 11.7 Å². The molecule has 2 aliphatic carbocycles. The summed E-state index contributed by atoms with van der Waals surface area (Å²) < 4.78 is 11.0. The molecule has 2 N–H and O–H groups in total. The Morgan fingerprint density at radius 3 is 2.39 bits per heavy atom. The third-order valence-corrected chi connectivity index (χ3v) is 4.56. The van der Waals surface area contributed by atoms with Gasteiger partial charge in [-0.1, -0.05) is 24.4 Å². The highest BCUT2D eigenvalue weighted by molar-refractivity contribution is 5.10. The number of rotatable bonds is 3. The van der Waals surface area contributed by atoms with Gasteiger partial charge in [-0.25, -0.2) is 0 Å². The zero-order valence-electron chi connectivity index (χ0n) is 10.9. The molecule has 5 heteroatoms. The van der Waals surface area contributed by atoms with Crippen LogP contribution in [0.5, 0.6) is 0 Å². The van der Waals surface area contributed by atoms with E-state index in [1.807, 2.05) is 0 Å². The number of aromatic nitrogens is 2. The standard InChI is InChI=1S/C13H21N3O2/c1-17-13(8-5-9-13)10-15-11(18-16-10)12(14)6-3-2-4-7-12/h2-9,14H2,1H3. The van der Waals surface area contributed by atoms with Crippen LogP contribution in [0.15, 0.2) is 4.52 Å². The second kappa shape index (κ2) is 4.31. The fourth-order valence-electron chi connectivity index (χ4n) is 3.02. The maximum Gasteiger partial charge on any atom is 0.246 e. The molecule has 1 heterocycles. The number of nitrogens with zero attached hydrogens (tertiary/aromatic N) is 2. The van der Waals surface area contributed by atoms with Crippen LogP contribution < -0.4 is 5.73 Å². The van der Waals surface area contributed by atoms with Gasteiger partial charge in [0.15, 0.2) is 0 Å². The monoisotopic (exact) mass is 251 g/mol. The van der Waals surface area contributed by atoms with E-state index in [0.717, 1.165) is 44.9 Å². The minimum atomic E-state index is -0.415. The highest BCUT2D eigenvalue weighted by Crippen LogP contribution is 2.43. The molecule has 0 radical (unpaired) electrons. The Morgan fingerprint density at radius 2 is 1.83 bits per heavy atom. The first-order valence-electron chi connectivity index (χ1n) is 6.87. The molecule has 0 atom stereocenters. The van der Waals surface area contributed by atoms with E-state index in [-0.39, 0.29) is 5.60 Å². The Morgan fingerprint density at radius 1 is 1.11 bits per heavy atom. The van der Waals surface area contributed by atoms with Crippen LogP contribution in [0, 0.1) is 0 Å².